The fourth-order valence-electron chi connectivity index (χ4n) is 2.28. The third-order valence-electron chi connectivity index (χ3n) is 3.36. The van der Waals surface area contributed by atoms with Crippen LogP contribution >= 0.6 is 0 Å². The summed E-state index contributed by atoms with van der Waals surface area (Å²) in [4.78, 5) is 13.7. The lowest BCUT2D eigenvalue weighted by Crippen LogP contribution is -2.36. The highest BCUT2D eigenvalue weighted by molar-refractivity contribution is 5.76. The van der Waals surface area contributed by atoms with Crippen molar-refractivity contribution in [2.24, 2.45) is 5.73 Å². The first kappa shape index (κ1) is 12.5. The molecule has 1 saturated carbocycles. The van der Waals surface area contributed by atoms with Gasteiger partial charge in [-0.1, -0.05) is 25.7 Å². The molecule has 0 aromatic carbocycles. The second-order valence-corrected chi connectivity index (χ2v) is 4.54. The minimum absolute atomic E-state index is 0.271. The monoisotopic (exact) mass is 212 g/mol. The maximum absolute atomic E-state index is 11.8. The first-order valence-electron chi connectivity index (χ1n) is 6.21. The third kappa shape index (κ3) is 4.20. The number of nitrogens with zero attached hydrogens (tertiary/aromatic N) is 1. The fraction of sp³-hybridized carbons (Fsp3) is 0.917. The van der Waals surface area contributed by atoms with Gasteiger partial charge in [-0.05, 0) is 25.8 Å². The Kier molecular flexibility index (Phi) is 5.69. The molecule has 0 radical (unpaired) electrons. The van der Waals surface area contributed by atoms with Gasteiger partial charge in [0.1, 0.15) is 0 Å². The van der Waals surface area contributed by atoms with Gasteiger partial charge in [-0.2, -0.15) is 0 Å². The van der Waals surface area contributed by atoms with Crippen molar-refractivity contribution >= 4 is 5.91 Å². The molecule has 0 heterocycles. The van der Waals surface area contributed by atoms with E-state index < -0.39 is 0 Å². The predicted octanol–water partition coefficient (Wildman–Crippen LogP) is 1.91. The Hall–Kier alpha value is -0.570. The van der Waals surface area contributed by atoms with E-state index in [2.05, 4.69) is 0 Å². The van der Waals surface area contributed by atoms with Crippen molar-refractivity contribution in [3.8, 4) is 0 Å². The number of carbonyl (C=O) groups excluding carboxylic acids is 1. The van der Waals surface area contributed by atoms with Crippen LogP contribution in [0.25, 0.3) is 0 Å². The molecule has 0 unspecified atom stereocenters. The van der Waals surface area contributed by atoms with Crippen LogP contribution in [-0.4, -0.2) is 30.4 Å². The second kappa shape index (κ2) is 6.83. The van der Waals surface area contributed by atoms with Gasteiger partial charge in [0.2, 0.25) is 5.91 Å². The number of rotatable bonds is 4. The number of carbonyl (C=O) groups is 1. The molecule has 0 aliphatic heterocycles. The van der Waals surface area contributed by atoms with E-state index in [1.807, 2.05) is 11.9 Å². The Morgan fingerprint density at radius 3 is 2.40 bits per heavy atom. The Labute approximate surface area is 93.0 Å². The molecule has 1 aliphatic rings. The Bertz CT molecular complexity index is 186. The molecule has 0 saturated heterocycles. The summed E-state index contributed by atoms with van der Waals surface area (Å²) in [6.45, 7) is 0.615. The maximum Gasteiger partial charge on any atom is 0.222 e. The lowest BCUT2D eigenvalue weighted by Gasteiger charge is -2.27. The van der Waals surface area contributed by atoms with Gasteiger partial charge in [-0.15, -0.1) is 0 Å². The summed E-state index contributed by atoms with van der Waals surface area (Å²) in [7, 11) is 1.95. The first-order chi connectivity index (χ1) is 7.25. The second-order valence-electron chi connectivity index (χ2n) is 4.54. The molecule has 0 aromatic rings. The smallest absolute Gasteiger partial charge is 0.222 e. The van der Waals surface area contributed by atoms with Crippen LogP contribution in [0.1, 0.15) is 51.4 Å². The quantitative estimate of drug-likeness (QED) is 0.724. The van der Waals surface area contributed by atoms with Crippen LogP contribution < -0.4 is 5.73 Å². The highest BCUT2D eigenvalue weighted by Gasteiger charge is 2.20. The molecule has 15 heavy (non-hydrogen) atoms. The van der Waals surface area contributed by atoms with Crippen molar-refractivity contribution in [2.45, 2.75) is 57.4 Å². The summed E-state index contributed by atoms with van der Waals surface area (Å²) in [6.07, 6.45) is 9.02. The molecule has 0 bridgehead atoms. The van der Waals surface area contributed by atoms with Crippen molar-refractivity contribution in [3.05, 3.63) is 0 Å². The SMILES string of the molecule is CN(C(=O)CCCN)C1CCCCCC1. The summed E-state index contributed by atoms with van der Waals surface area (Å²) < 4.78 is 0. The van der Waals surface area contributed by atoms with E-state index in [1.165, 1.54) is 38.5 Å². The van der Waals surface area contributed by atoms with Crippen LogP contribution in [0, 0.1) is 0 Å². The van der Waals surface area contributed by atoms with Crippen molar-refractivity contribution in [3.63, 3.8) is 0 Å². The largest absolute Gasteiger partial charge is 0.343 e. The van der Waals surface area contributed by atoms with E-state index in [0.717, 1.165) is 6.42 Å². The number of hydrogen-bond donors (Lipinski definition) is 1. The summed E-state index contributed by atoms with van der Waals surface area (Å²) in [5.74, 6) is 0.271. The zero-order valence-corrected chi connectivity index (χ0v) is 9.87. The molecule has 2 N–H and O–H groups in total. The third-order valence-corrected chi connectivity index (χ3v) is 3.36. The average molecular weight is 212 g/mol. The number of amides is 1. The molecule has 3 heteroatoms. The van der Waals surface area contributed by atoms with Gasteiger partial charge in [0.05, 0.1) is 0 Å². The molecule has 1 aliphatic carbocycles. The molecular formula is C12H24N2O. The summed E-state index contributed by atoms with van der Waals surface area (Å²) in [5.41, 5.74) is 5.41. The van der Waals surface area contributed by atoms with E-state index in [1.54, 1.807) is 0 Å². The maximum atomic E-state index is 11.8. The van der Waals surface area contributed by atoms with Crippen molar-refractivity contribution in [1.29, 1.82) is 0 Å². The Morgan fingerprint density at radius 2 is 1.87 bits per heavy atom. The minimum Gasteiger partial charge on any atom is -0.343 e. The number of nitrogens with two attached hydrogens (primary N) is 1. The van der Waals surface area contributed by atoms with Crippen LogP contribution in [0.3, 0.4) is 0 Å². The van der Waals surface area contributed by atoms with Gasteiger partial charge in [-0.3, -0.25) is 4.79 Å². The van der Waals surface area contributed by atoms with Crippen LogP contribution in [0.4, 0.5) is 0 Å². The van der Waals surface area contributed by atoms with E-state index in [4.69, 9.17) is 5.73 Å². The van der Waals surface area contributed by atoms with E-state index >= 15 is 0 Å². The lowest BCUT2D eigenvalue weighted by molar-refractivity contribution is -0.132. The van der Waals surface area contributed by atoms with Gasteiger partial charge >= 0.3 is 0 Å². The van der Waals surface area contributed by atoms with Crippen LogP contribution in [-0.2, 0) is 4.79 Å². The molecule has 0 spiro atoms. The summed E-state index contributed by atoms with van der Waals surface area (Å²) in [5, 5.41) is 0. The highest BCUT2D eigenvalue weighted by Crippen LogP contribution is 2.21. The molecule has 88 valence electrons. The molecule has 0 atom stereocenters. The zero-order valence-electron chi connectivity index (χ0n) is 9.87. The molecule has 0 aromatic heterocycles. The standard InChI is InChI=1S/C12H24N2O/c1-14(12(15)9-6-10-13)11-7-4-2-3-5-8-11/h11H,2-10,13H2,1H3. The van der Waals surface area contributed by atoms with Crippen molar-refractivity contribution < 1.29 is 4.79 Å². The highest BCUT2D eigenvalue weighted by atomic mass is 16.2. The van der Waals surface area contributed by atoms with Gasteiger partial charge in [-0.25, -0.2) is 0 Å². The lowest BCUT2D eigenvalue weighted by atomic mass is 10.1. The van der Waals surface area contributed by atoms with E-state index in [-0.39, 0.29) is 5.91 Å². The van der Waals surface area contributed by atoms with Crippen molar-refractivity contribution in [1.82, 2.24) is 4.90 Å². The molecule has 1 amide bonds. The van der Waals surface area contributed by atoms with Crippen molar-refractivity contribution in [2.75, 3.05) is 13.6 Å². The van der Waals surface area contributed by atoms with Crippen LogP contribution in [0.15, 0.2) is 0 Å². The van der Waals surface area contributed by atoms with Crippen LogP contribution in [0.5, 0.6) is 0 Å². The van der Waals surface area contributed by atoms with Gasteiger partial charge in [0, 0.05) is 19.5 Å². The first-order valence-corrected chi connectivity index (χ1v) is 6.21. The minimum atomic E-state index is 0.271. The molecule has 1 rings (SSSR count). The molecule has 1 fully saturated rings. The predicted molar refractivity (Wildman–Crippen MR) is 62.5 cm³/mol. The van der Waals surface area contributed by atoms with Gasteiger partial charge in [0.25, 0.3) is 0 Å². The molecular weight excluding hydrogens is 188 g/mol. The van der Waals surface area contributed by atoms with Gasteiger partial charge in [0.15, 0.2) is 0 Å². The Balaban J connectivity index is 2.35. The topological polar surface area (TPSA) is 46.3 Å². The van der Waals surface area contributed by atoms with E-state index in [9.17, 15) is 4.79 Å². The molecule has 3 nitrogen and oxygen atoms in total. The van der Waals surface area contributed by atoms with Crippen LogP contribution in [0.2, 0.25) is 0 Å². The zero-order chi connectivity index (χ0) is 11.1. The fourth-order valence-corrected chi connectivity index (χ4v) is 2.28. The Morgan fingerprint density at radius 1 is 1.27 bits per heavy atom. The average Bonchev–Trinajstić information content (AvgIpc) is 2.53. The number of hydrogen-bond acceptors (Lipinski definition) is 2. The summed E-state index contributed by atoms with van der Waals surface area (Å²) >= 11 is 0. The normalized spacial score (nSPS) is 18.5. The summed E-state index contributed by atoms with van der Waals surface area (Å²) in [6, 6.07) is 0.484. The van der Waals surface area contributed by atoms with E-state index in [0.29, 0.717) is 19.0 Å². The van der Waals surface area contributed by atoms with Gasteiger partial charge < -0.3 is 10.6 Å².